The fraction of sp³-hybridized carbons (Fsp3) is 0.842. The third-order valence-electron chi connectivity index (χ3n) is 6.19. The zero-order valence-electron chi connectivity index (χ0n) is 16.2. The lowest BCUT2D eigenvalue weighted by Crippen LogP contribution is -2.50. The molecule has 3 fully saturated rings. The number of aliphatic imine (C=N–C) groups is 1. The Morgan fingerprint density at radius 2 is 1.65 bits per heavy atom. The normalized spacial score (nSPS) is 23.5. The molecule has 7 nitrogen and oxygen atoms in total. The highest BCUT2D eigenvalue weighted by Crippen LogP contribution is 2.29. The Morgan fingerprint density at radius 1 is 1.00 bits per heavy atom. The third-order valence-corrected chi connectivity index (χ3v) is 6.19. The molecule has 0 aromatic carbocycles. The summed E-state index contributed by atoms with van der Waals surface area (Å²) in [4.78, 5) is 7.52. The van der Waals surface area contributed by atoms with E-state index in [-0.39, 0.29) is 0 Å². The Kier molecular flexibility index (Phi) is 5.43. The zero-order chi connectivity index (χ0) is 17.9. The maximum atomic E-state index is 4.85. The summed E-state index contributed by atoms with van der Waals surface area (Å²) in [5.41, 5.74) is 0. The van der Waals surface area contributed by atoms with Crippen LogP contribution in [0.4, 0.5) is 0 Å². The maximum absolute atomic E-state index is 4.85. The SMILES string of the molecule is Cc1nnc(CN=C(NC2CCCC2)NC2CCN(C3CC3)CC2)n1C. The molecule has 2 aliphatic carbocycles. The largest absolute Gasteiger partial charge is 0.354 e. The van der Waals surface area contributed by atoms with Crippen molar-refractivity contribution in [2.45, 2.75) is 83.0 Å². The number of nitrogens with zero attached hydrogens (tertiary/aromatic N) is 5. The van der Waals surface area contributed by atoms with Crippen molar-refractivity contribution in [2.75, 3.05) is 13.1 Å². The highest BCUT2D eigenvalue weighted by atomic mass is 15.3. The predicted octanol–water partition coefficient (Wildman–Crippen LogP) is 1.73. The molecule has 2 saturated carbocycles. The number of piperidine rings is 1. The van der Waals surface area contributed by atoms with E-state index in [4.69, 9.17) is 4.99 Å². The number of guanidine groups is 1. The van der Waals surface area contributed by atoms with Gasteiger partial charge in [-0.25, -0.2) is 4.99 Å². The maximum Gasteiger partial charge on any atom is 0.192 e. The van der Waals surface area contributed by atoms with Crippen LogP contribution in [0.2, 0.25) is 0 Å². The molecule has 1 saturated heterocycles. The van der Waals surface area contributed by atoms with E-state index < -0.39 is 0 Å². The monoisotopic (exact) mass is 359 g/mol. The molecule has 3 aliphatic rings. The van der Waals surface area contributed by atoms with Crippen LogP contribution in [0.1, 0.15) is 63.0 Å². The van der Waals surface area contributed by atoms with Gasteiger partial charge in [-0.05, 0) is 45.4 Å². The molecule has 144 valence electrons. The number of hydrogen-bond donors (Lipinski definition) is 2. The van der Waals surface area contributed by atoms with Crippen molar-refractivity contribution in [3.8, 4) is 0 Å². The summed E-state index contributed by atoms with van der Waals surface area (Å²) in [7, 11) is 2.01. The van der Waals surface area contributed by atoms with E-state index in [1.807, 2.05) is 18.5 Å². The minimum absolute atomic E-state index is 0.527. The predicted molar refractivity (Wildman–Crippen MR) is 103 cm³/mol. The Bertz CT molecular complexity index is 620. The summed E-state index contributed by atoms with van der Waals surface area (Å²) in [5.74, 6) is 2.81. The molecular weight excluding hydrogens is 326 g/mol. The van der Waals surface area contributed by atoms with Gasteiger partial charge < -0.3 is 20.1 Å². The molecule has 4 rings (SSSR count). The van der Waals surface area contributed by atoms with E-state index in [9.17, 15) is 0 Å². The first-order valence-corrected chi connectivity index (χ1v) is 10.4. The average molecular weight is 360 g/mol. The Labute approximate surface area is 156 Å². The van der Waals surface area contributed by atoms with Gasteiger partial charge in [0.1, 0.15) is 12.4 Å². The molecule has 0 amide bonds. The van der Waals surface area contributed by atoms with E-state index in [0.717, 1.165) is 23.7 Å². The molecule has 0 atom stereocenters. The van der Waals surface area contributed by atoms with E-state index >= 15 is 0 Å². The second-order valence-electron chi connectivity index (χ2n) is 8.20. The van der Waals surface area contributed by atoms with Crippen molar-refractivity contribution in [3.63, 3.8) is 0 Å². The lowest BCUT2D eigenvalue weighted by molar-refractivity contribution is 0.197. The summed E-state index contributed by atoms with van der Waals surface area (Å²) in [5, 5.41) is 15.8. The number of aryl methyl sites for hydroxylation is 1. The first-order chi connectivity index (χ1) is 12.7. The second kappa shape index (κ2) is 7.94. The smallest absolute Gasteiger partial charge is 0.192 e. The molecule has 7 heteroatoms. The molecule has 0 radical (unpaired) electrons. The van der Waals surface area contributed by atoms with Crippen LogP contribution in [-0.4, -0.2) is 56.8 Å². The number of aromatic nitrogens is 3. The van der Waals surface area contributed by atoms with E-state index in [2.05, 4.69) is 25.7 Å². The van der Waals surface area contributed by atoms with Crippen molar-refractivity contribution >= 4 is 5.96 Å². The number of nitrogens with one attached hydrogen (secondary N) is 2. The number of hydrogen-bond acceptors (Lipinski definition) is 4. The topological polar surface area (TPSA) is 70.4 Å². The van der Waals surface area contributed by atoms with Crippen LogP contribution < -0.4 is 10.6 Å². The van der Waals surface area contributed by atoms with Gasteiger partial charge in [0.2, 0.25) is 0 Å². The van der Waals surface area contributed by atoms with Crippen LogP contribution in [0.3, 0.4) is 0 Å². The molecule has 26 heavy (non-hydrogen) atoms. The Hall–Kier alpha value is -1.63. The summed E-state index contributed by atoms with van der Waals surface area (Å²) in [6.45, 7) is 4.99. The fourth-order valence-corrected chi connectivity index (χ4v) is 4.18. The number of likely N-dealkylation sites (tertiary alicyclic amines) is 1. The third kappa shape index (κ3) is 4.37. The van der Waals surface area contributed by atoms with Gasteiger partial charge >= 0.3 is 0 Å². The lowest BCUT2D eigenvalue weighted by Gasteiger charge is -2.33. The van der Waals surface area contributed by atoms with Crippen LogP contribution in [0.25, 0.3) is 0 Å². The zero-order valence-corrected chi connectivity index (χ0v) is 16.2. The molecule has 0 spiro atoms. The highest BCUT2D eigenvalue weighted by Gasteiger charge is 2.32. The van der Waals surface area contributed by atoms with Crippen LogP contribution in [0, 0.1) is 6.92 Å². The first-order valence-electron chi connectivity index (χ1n) is 10.4. The molecular formula is C19H33N7. The highest BCUT2D eigenvalue weighted by molar-refractivity contribution is 5.80. The van der Waals surface area contributed by atoms with Gasteiger partial charge in [0.25, 0.3) is 0 Å². The molecule has 2 heterocycles. The Morgan fingerprint density at radius 3 is 2.23 bits per heavy atom. The summed E-state index contributed by atoms with van der Waals surface area (Å²) >= 11 is 0. The van der Waals surface area contributed by atoms with Gasteiger partial charge in [-0.2, -0.15) is 0 Å². The van der Waals surface area contributed by atoms with Crippen molar-refractivity contribution in [3.05, 3.63) is 11.6 Å². The van der Waals surface area contributed by atoms with Crippen molar-refractivity contribution in [1.29, 1.82) is 0 Å². The molecule has 2 N–H and O–H groups in total. The molecule has 1 aliphatic heterocycles. The Balaban J connectivity index is 1.37. The van der Waals surface area contributed by atoms with Crippen molar-refractivity contribution in [1.82, 2.24) is 30.3 Å². The van der Waals surface area contributed by atoms with Gasteiger partial charge in [0.15, 0.2) is 11.8 Å². The second-order valence-corrected chi connectivity index (χ2v) is 8.20. The van der Waals surface area contributed by atoms with Crippen LogP contribution in [0.15, 0.2) is 4.99 Å². The van der Waals surface area contributed by atoms with Gasteiger partial charge in [-0.15, -0.1) is 10.2 Å². The summed E-state index contributed by atoms with van der Waals surface area (Å²) in [6.07, 6.45) is 10.4. The quantitative estimate of drug-likeness (QED) is 0.619. The van der Waals surface area contributed by atoms with Crippen molar-refractivity contribution in [2.24, 2.45) is 12.0 Å². The average Bonchev–Trinajstić information content (AvgIpc) is 3.29. The van der Waals surface area contributed by atoms with E-state index in [0.29, 0.717) is 18.6 Å². The molecule has 1 aromatic heterocycles. The number of rotatable bonds is 5. The molecule has 0 unspecified atom stereocenters. The van der Waals surface area contributed by atoms with Gasteiger partial charge in [-0.1, -0.05) is 12.8 Å². The summed E-state index contributed by atoms with van der Waals surface area (Å²) < 4.78 is 2.02. The standard InChI is InChI=1S/C19H33N7/c1-14-23-24-18(25(14)2)13-20-19(21-15-5-3-4-6-15)22-16-9-11-26(12-10-16)17-7-8-17/h15-17H,3-13H2,1-2H3,(H2,20,21,22). The van der Waals surface area contributed by atoms with Gasteiger partial charge in [-0.3, -0.25) is 0 Å². The minimum Gasteiger partial charge on any atom is -0.354 e. The van der Waals surface area contributed by atoms with E-state index in [1.165, 1.54) is 64.5 Å². The van der Waals surface area contributed by atoms with Gasteiger partial charge in [0, 0.05) is 38.3 Å². The van der Waals surface area contributed by atoms with E-state index in [1.54, 1.807) is 0 Å². The first kappa shape index (κ1) is 17.8. The lowest BCUT2D eigenvalue weighted by atomic mass is 10.1. The fourth-order valence-electron chi connectivity index (χ4n) is 4.18. The van der Waals surface area contributed by atoms with Crippen molar-refractivity contribution < 1.29 is 0 Å². The van der Waals surface area contributed by atoms with Crippen LogP contribution >= 0.6 is 0 Å². The van der Waals surface area contributed by atoms with Gasteiger partial charge in [0.05, 0.1) is 0 Å². The molecule has 1 aromatic rings. The molecule has 0 bridgehead atoms. The minimum atomic E-state index is 0.527. The summed E-state index contributed by atoms with van der Waals surface area (Å²) in [6, 6.07) is 1.98. The van der Waals surface area contributed by atoms with Crippen LogP contribution in [-0.2, 0) is 13.6 Å². The van der Waals surface area contributed by atoms with Crippen LogP contribution in [0.5, 0.6) is 0 Å².